The van der Waals surface area contributed by atoms with E-state index in [0.29, 0.717) is 11.3 Å². The second-order valence-corrected chi connectivity index (χ2v) is 5.26. The second-order valence-electron chi connectivity index (χ2n) is 4.70. The molecule has 2 rings (SSSR count). The summed E-state index contributed by atoms with van der Waals surface area (Å²) >= 11 is 6.23. The summed E-state index contributed by atoms with van der Waals surface area (Å²) in [4.78, 5) is 0. The van der Waals surface area contributed by atoms with E-state index in [2.05, 4.69) is 18.1 Å². The van der Waals surface area contributed by atoms with Gasteiger partial charge < -0.3 is 0 Å². The molecule has 0 radical (unpaired) electrons. The van der Waals surface area contributed by atoms with Crippen molar-refractivity contribution in [3.8, 4) is 0 Å². The zero-order valence-electron chi connectivity index (χ0n) is 9.49. The van der Waals surface area contributed by atoms with Gasteiger partial charge in [0.2, 0.25) is 0 Å². The lowest BCUT2D eigenvalue weighted by Gasteiger charge is -2.16. The molecule has 1 aliphatic carbocycles. The van der Waals surface area contributed by atoms with Crippen molar-refractivity contribution < 1.29 is 0 Å². The number of alkyl halides is 1. The molecular formula is C12H19ClN2. The van der Waals surface area contributed by atoms with Gasteiger partial charge in [0.25, 0.3) is 0 Å². The van der Waals surface area contributed by atoms with Crippen LogP contribution in [0.5, 0.6) is 0 Å². The summed E-state index contributed by atoms with van der Waals surface area (Å²) in [6.45, 7) is 2.29. The third-order valence-corrected chi connectivity index (χ3v) is 4.44. The SMILES string of the molecule is CC1C(Cl)CCC1CCc1ccnn1C. The third kappa shape index (κ3) is 2.36. The van der Waals surface area contributed by atoms with Crippen LogP contribution in [0.1, 0.15) is 31.9 Å². The highest BCUT2D eigenvalue weighted by molar-refractivity contribution is 6.20. The lowest BCUT2D eigenvalue weighted by Crippen LogP contribution is -2.12. The van der Waals surface area contributed by atoms with Crippen LogP contribution in [0.15, 0.2) is 12.3 Å². The van der Waals surface area contributed by atoms with E-state index in [1.807, 2.05) is 17.9 Å². The number of rotatable bonds is 3. The molecule has 3 unspecified atom stereocenters. The van der Waals surface area contributed by atoms with Crippen LogP contribution >= 0.6 is 11.6 Å². The number of aromatic nitrogens is 2. The van der Waals surface area contributed by atoms with E-state index in [0.717, 1.165) is 12.3 Å². The Labute approximate surface area is 96.6 Å². The van der Waals surface area contributed by atoms with Crippen LogP contribution < -0.4 is 0 Å². The van der Waals surface area contributed by atoms with E-state index in [1.165, 1.54) is 25.0 Å². The highest BCUT2D eigenvalue weighted by Crippen LogP contribution is 2.37. The molecule has 0 bridgehead atoms. The Balaban J connectivity index is 1.86. The van der Waals surface area contributed by atoms with Gasteiger partial charge in [-0.3, -0.25) is 4.68 Å². The molecule has 0 amide bonds. The van der Waals surface area contributed by atoms with E-state index in [9.17, 15) is 0 Å². The molecular weight excluding hydrogens is 208 g/mol. The predicted octanol–water partition coefficient (Wildman–Crippen LogP) is 3.01. The van der Waals surface area contributed by atoms with Crippen LogP contribution in [0.25, 0.3) is 0 Å². The van der Waals surface area contributed by atoms with Gasteiger partial charge in [0.15, 0.2) is 0 Å². The summed E-state index contributed by atoms with van der Waals surface area (Å²) in [6.07, 6.45) is 6.75. The summed E-state index contributed by atoms with van der Waals surface area (Å²) in [5.41, 5.74) is 1.33. The van der Waals surface area contributed by atoms with Crippen LogP contribution in [0.3, 0.4) is 0 Å². The zero-order valence-corrected chi connectivity index (χ0v) is 10.2. The minimum absolute atomic E-state index is 0.404. The second kappa shape index (κ2) is 4.56. The molecule has 3 heteroatoms. The van der Waals surface area contributed by atoms with E-state index in [-0.39, 0.29) is 0 Å². The molecule has 1 heterocycles. The number of halogens is 1. The summed E-state index contributed by atoms with van der Waals surface area (Å²) < 4.78 is 1.97. The van der Waals surface area contributed by atoms with Crippen molar-refractivity contribution >= 4 is 11.6 Å². The van der Waals surface area contributed by atoms with Crippen molar-refractivity contribution in [1.82, 2.24) is 9.78 Å². The lowest BCUT2D eigenvalue weighted by atomic mass is 9.92. The van der Waals surface area contributed by atoms with Crippen molar-refractivity contribution in [2.45, 2.75) is 38.0 Å². The maximum atomic E-state index is 6.23. The van der Waals surface area contributed by atoms with E-state index < -0.39 is 0 Å². The Bertz CT molecular complexity index is 321. The van der Waals surface area contributed by atoms with Crippen molar-refractivity contribution in [3.05, 3.63) is 18.0 Å². The molecule has 1 aliphatic rings. The first-order valence-corrected chi connectivity index (χ1v) is 6.23. The number of hydrogen-bond acceptors (Lipinski definition) is 1. The van der Waals surface area contributed by atoms with Crippen LogP contribution in [-0.4, -0.2) is 15.2 Å². The molecule has 0 spiro atoms. The average Bonchev–Trinajstić information content (AvgIpc) is 2.74. The molecule has 84 valence electrons. The topological polar surface area (TPSA) is 17.8 Å². The molecule has 15 heavy (non-hydrogen) atoms. The van der Waals surface area contributed by atoms with Crippen molar-refractivity contribution in [2.24, 2.45) is 18.9 Å². The summed E-state index contributed by atoms with van der Waals surface area (Å²) in [7, 11) is 2.01. The fourth-order valence-electron chi connectivity index (χ4n) is 2.58. The standard InChI is InChI=1S/C12H19ClN2/c1-9-10(4-6-12(9)13)3-5-11-7-8-14-15(11)2/h7-10,12H,3-6H2,1-2H3. The average molecular weight is 227 g/mol. The molecule has 0 aliphatic heterocycles. The molecule has 2 nitrogen and oxygen atoms in total. The molecule has 0 saturated heterocycles. The van der Waals surface area contributed by atoms with Gasteiger partial charge in [-0.15, -0.1) is 11.6 Å². The number of nitrogens with zero attached hydrogens (tertiary/aromatic N) is 2. The monoisotopic (exact) mass is 226 g/mol. The van der Waals surface area contributed by atoms with Gasteiger partial charge in [-0.2, -0.15) is 5.10 Å². The maximum absolute atomic E-state index is 6.23. The van der Waals surface area contributed by atoms with Crippen LogP contribution in [0.4, 0.5) is 0 Å². The Kier molecular flexibility index (Phi) is 3.35. The van der Waals surface area contributed by atoms with Gasteiger partial charge >= 0.3 is 0 Å². The Morgan fingerprint density at radius 1 is 1.53 bits per heavy atom. The highest BCUT2D eigenvalue weighted by Gasteiger charge is 2.30. The van der Waals surface area contributed by atoms with Crippen molar-refractivity contribution in [1.29, 1.82) is 0 Å². The van der Waals surface area contributed by atoms with Crippen LogP contribution in [0.2, 0.25) is 0 Å². The van der Waals surface area contributed by atoms with E-state index in [1.54, 1.807) is 0 Å². The van der Waals surface area contributed by atoms with Gasteiger partial charge in [0.05, 0.1) is 0 Å². The summed E-state index contributed by atoms with van der Waals surface area (Å²) in [5.74, 6) is 1.49. The van der Waals surface area contributed by atoms with Crippen LogP contribution in [-0.2, 0) is 13.5 Å². The van der Waals surface area contributed by atoms with Crippen molar-refractivity contribution in [3.63, 3.8) is 0 Å². The molecule has 1 aromatic rings. The highest BCUT2D eigenvalue weighted by atomic mass is 35.5. The molecule has 3 atom stereocenters. The minimum Gasteiger partial charge on any atom is -0.273 e. The third-order valence-electron chi connectivity index (χ3n) is 3.82. The predicted molar refractivity (Wildman–Crippen MR) is 63.1 cm³/mol. The number of aryl methyl sites for hydroxylation is 2. The van der Waals surface area contributed by atoms with Gasteiger partial charge in [0.1, 0.15) is 0 Å². The zero-order chi connectivity index (χ0) is 10.8. The summed E-state index contributed by atoms with van der Waals surface area (Å²) in [6, 6.07) is 2.11. The van der Waals surface area contributed by atoms with Crippen LogP contribution in [0, 0.1) is 11.8 Å². The quantitative estimate of drug-likeness (QED) is 0.725. The largest absolute Gasteiger partial charge is 0.273 e. The first-order valence-electron chi connectivity index (χ1n) is 5.79. The van der Waals surface area contributed by atoms with E-state index >= 15 is 0 Å². The first kappa shape index (κ1) is 11.0. The normalized spacial score (nSPS) is 31.0. The fourth-order valence-corrected chi connectivity index (χ4v) is 2.91. The van der Waals surface area contributed by atoms with E-state index in [4.69, 9.17) is 11.6 Å². The van der Waals surface area contributed by atoms with Gasteiger partial charge in [-0.05, 0) is 43.6 Å². The fraction of sp³-hybridized carbons (Fsp3) is 0.750. The molecule has 0 N–H and O–H groups in total. The van der Waals surface area contributed by atoms with Gasteiger partial charge in [0, 0.05) is 24.3 Å². The summed E-state index contributed by atoms with van der Waals surface area (Å²) in [5, 5.41) is 4.59. The Morgan fingerprint density at radius 2 is 2.33 bits per heavy atom. The minimum atomic E-state index is 0.404. The Hall–Kier alpha value is -0.500. The van der Waals surface area contributed by atoms with Crippen molar-refractivity contribution in [2.75, 3.05) is 0 Å². The molecule has 1 aromatic heterocycles. The maximum Gasteiger partial charge on any atom is 0.0492 e. The molecule has 1 saturated carbocycles. The van der Waals surface area contributed by atoms with Gasteiger partial charge in [-0.1, -0.05) is 6.92 Å². The Morgan fingerprint density at radius 3 is 2.87 bits per heavy atom. The van der Waals surface area contributed by atoms with Gasteiger partial charge in [-0.25, -0.2) is 0 Å². The number of hydrogen-bond donors (Lipinski definition) is 0. The molecule has 0 aromatic carbocycles. The molecule has 1 fully saturated rings. The first-order chi connectivity index (χ1) is 7.18. The smallest absolute Gasteiger partial charge is 0.0492 e. The lowest BCUT2D eigenvalue weighted by molar-refractivity contribution is 0.390.